The summed E-state index contributed by atoms with van der Waals surface area (Å²) < 4.78 is 1.67. The summed E-state index contributed by atoms with van der Waals surface area (Å²) in [5.74, 6) is 0. The molecule has 1 aromatic carbocycles. The molecule has 2 rings (SSSR count). The van der Waals surface area contributed by atoms with Gasteiger partial charge in [-0.2, -0.15) is 5.10 Å². The zero-order valence-electron chi connectivity index (χ0n) is 11.0. The Balaban J connectivity index is 2.06. The number of hydrogen-bond donors (Lipinski definition) is 2. The second-order valence-electron chi connectivity index (χ2n) is 4.19. The second kappa shape index (κ2) is 5.66. The van der Waals surface area contributed by atoms with Crippen molar-refractivity contribution in [1.82, 2.24) is 9.78 Å². The van der Waals surface area contributed by atoms with E-state index in [4.69, 9.17) is 12.2 Å². The summed E-state index contributed by atoms with van der Waals surface area (Å²) in [5, 5.41) is 21.1. The van der Waals surface area contributed by atoms with Crippen molar-refractivity contribution in [1.29, 1.82) is 0 Å². The van der Waals surface area contributed by atoms with Gasteiger partial charge in [0.25, 0.3) is 5.69 Å². The Morgan fingerprint density at radius 2 is 2.20 bits per heavy atom. The summed E-state index contributed by atoms with van der Waals surface area (Å²) in [6.45, 7) is 1.86. The fourth-order valence-corrected chi connectivity index (χ4v) is 1.93. The maximum absolute atomic E-state index is 10.7. The third-order valence-corrected chi connectivity index (χ3v) is 2.78. The maximum Gasteiger partial charge on any atom is 0.271 e. The van der Waals surface area contributed by atoms with Crippen LogP contribution in [0.3, 0.4) is 0 Å². The highest BCUT2D eigenvalue weighted by Crippen LogP contribution is 2.18. The van der Waals surface area contributed by atoms with Gasteiger partial charge in [0.15, 0.2) is 5.11 Å². The van der Waals surface area contributed by atoms with Gasteiger partial charge in [-0.05, 0) is 25.2 Å². The van der Waals surface area contributed by atoms with E-state index in [0.717, 1.165) is 11.4 Å². The molecule has 0 atom stereocenters. The molecule has 0 amide bonds. The van der Waals surface area contributed by atoms with Crippen molar-refractivity contribution in [2.24, 2.45) is 7.05 Å². The van der Waals surface area contributed by atoms with E-state index in [2.05, 4.69) is 15.7 Å². The first-order valence-electron chi connectivity index (χ1n) is 5.78. The van der Waals surface area contributed by atoms with Gasteiger partial charge in [0, 0.05) is 31.1 Å². The Kier molecular flexibility index (Phi) is 3.94. The number of anilines is 2. The predicted molar refractivity (Wildman–Crippen MR) is 80.9 cm³/mol. The topological polar surface area (TPSA) is 85.0 Å². The number of benzene rings is 1. The Labute approximate surface area is 120 Å². The van der Waals surface area contributed by atoms with Gasteiger partial charge in [0.2, 0.25) is 0 Å². The van der Waals surface area contributed by atoms with E-state index in [-0.39, 0.29) is 5.69 Å². The number of non-ortho nitro benzene ring substituents is 1. The molecule has 1 heterocycles. The minimum atomic E-state index is -0.451. The van der Waals surface area contributed by atoms with Crippen LogP contribution in [0.1, 0.15) is 5.69 Å². The van der Waals surface area contributed by atoms with Crippen molar-refractivity contribution in [2.45, 2.75) is 6.92 Å². The van der Waals surface area contributed by atoms with Gasteiger partial charge in [-0.1, -0.05) is 6.07 Å². The van der Waals surface area contributed by atoms with Gasteiger partial charge in [-0.25, -0.2) is 0 Å². The van der Waals surface area contributed by atoms with Crippen molar-refractivity contribution in [2.75, 3.05) is 10.6 Å². The molecule has 0 radical (unpaired) electrons. The molecular weight excluding hydrogens is 278 g/mol. The van der Waals surface area contributed by atoms with Crippen molar-refractivity contribution in [3.63, 3.8) is 0 Å². The van der Waals surface area contributed by atoms with Crippen LogP contribution in [0, 0.1) is 17.0 Å². The zero-order valence-corrected chi connectivity index (χ0v) is 11.8. The van der Waals surface area contributed by atoms with Crippen LogP contribution in [-0.4, -0.2) is 19.8 Å². The number of nitro benzene ring substituents is 1. The zero-order chi connectivity index (χ0) is 14.7. The molecule has 8 heteroatoms. The molecule has 0 aliphatic carbocycles. The molecule has 0 saturated heterocycles. The van der Waals surface area contributed by atoms with E-state index < -0.39 is 4.92 Å². The van der Waals surface area contributed by atoms with E-state index in [0.29, 0.717) is 10.8 Å². The van der Waals surface area contributed by atoms with Gasteiger partial charge in [-0.15, -0.1) is 0 Å². The largest absolute Gasteiger partial charge is 0.332 e. The molecule has 20 heavy (non-hydrogen) atoms. The SMILES string of the molecule is Cc1nn(C)cc1NC(=S)Nc1cccc([N+](=O)[O-])c1. The van der Waals surface area contributed by atoms with Crippen LogP contribution in [0.4, 0.5) is 17.1 Å². The molecule has 0 aliphatic heterocycles. The molecule has 0 aliphatic rings. The van der Waals surface area contributed by atoms with Crippen LogP contribution in [0.5, 0.6) is 0 Å². The lowest BCUT2D eigenvalue weighted by Gasteiger charge is -2.09. The lowest BCUT2D eigenvalue weighted by molar-refractivity contribution is -0.384. The Hall–Kier alpha value is -2.48. The average Bonchev–Trinajstić information content (AvgIpc) is 2.67. The number of aryl methyl sites for hydroxylation is 2. The van der Waals surface area contributed by atoms with Crippen molar-refractivity contribution < 1.29 is 4.92 Å². The van der Waals surface area contributed by atoms with Crippen LogP contribution < -0.4 is 10.6 Å². The number of nitrogens with zero attached hydrogens (tertiary/aromatic N) is 3. The third-order valence-electron chi connectivity index (χ3n) is 2.58. The van der Waals surface area contributed by atoms with Crippen LogP contribution in [0.15, 0.2) is 30.5 Å². The summed E-state index contributed by atoms with van der Waals surface area (Å²) in [6.07, 6.45) is 1.80. The lowest BCUT2D eigenvalue weighted by atomic mass is 10.3. The van der Waals surface area contributed by atoms with Gasteiger partial charge >= 0.3 is 0 Å². The summed E-state index contributed by atoms with van der Waals surface area (Å²) in [7, 11) is 1.81. The summed E-state index contributed by atoms with van der Waals surface area (Å²) in [6, 6.07) is 6.15. The highest BCUT2D eigenvalue weighted by molar-refractivity contribution is 7.80. The van der Waals surface area contributed by atoms with Gasteiger partial charge in [0.05, 0.1) is 16.3 Å². The molecule has 0 saturated carbocycles. The van der Waals surface area contributed by atoms with Gasteiger partial charge in [-0.3, -0.25) is 14.8 Å². The van der Waals surface area contributed by atoms with Crippen LogP contribution in [-0.2, 0) is 7.05 Å². The van der Waals surface area contributed by atoms with Crippen LogP contribution in [0.2, 0.25) is 0 Å². The molecule has 0 spiro atoms. The van der Waals surface area contributed by atoms with E-state index in [1.165, 1.54) is 12.1 Å². The number of aromatic nitrogens is 2. The molecule has 0 bridgehead atoms. The van der Waals surface area contributed by atoms with Crippen molar-refractivity contribution in [3.8, 4) is 0 Å². The lowest BCUT2D eigenvalue weighted by Crippen LogP contribution is -2.19. The van der Waals surface area contributed by atoms with E-state index in [1.54, 1.807) is 23.0 Å². The average molecular weight is 291 g/mol. The Bertz CT molecular complexity index is 668. The Morgan fingerprint density at radius 3 is 2.80 bits per heavy atom. The van der Waals surface area contributed by atoms with Gasteiger partial charge < -0.3 is 10.6 Å². The quantitative estimate of drug-likeness (QED) is 0.513. The minimum Gasteiger partial charge on any atom is -0.332 e. The van der Waals surface area contributed by atoms with Crippen LogP contribution >= 0.6 is 12.2 Å². The fraction of sp³-hybridized carbons (Fsp3) is 0.167. The monoisotopic (exact) mass is 291 g/mol. The smallest absolute Gasteiger partial charge is 0.271 e. The second-order valence-corrected chi connectivity index (χ2v) is 4.60. The summed E-state index contributed by atoms with van der Waals surface area (Å²) in [4.78, 5) is 10.2. The molecule has 2 N–H and O–H groups in total. The number of thiocarbonyl (C=S) groups is 1. The van der Waals surface area contributed by atoms with E-state index in [1.807, 2.05) is 14.0 Å². The molecule has 104 valence electrons. The van der Waals surface area contributed by atoms with E-state index in [9.17, 15) is 10.1 Å². The first-order valence-corrected chi connectivity index (χ1v) is 6.19. The third kappa shape index (κ3) is 3.29. The molecule has 0 fully saturated rings. The number of rotatable bonds is 3. The maximum atomic E-state index is 10.7. The Morgan fingerprint density at radius 1 is 1.45 bits per heavy atom. The molecule has 2 aromatic rings. The molecule has 7 nitrogen and oxygen atoms in total. The molecule has 0 unspecified atom stereocenters. The highest BCUT2D eigenvalue weighted by Gasteiger charge is 2.08. The first-order chi connectivity index (χ1) is 9.45. The standard InChI is InChI=1S/C12H13N5O2S/c1-8-11(7-16(2)15-8)14-12(20)13-9-4-3-5-10(6-9)17(18)19/h3-7H,1-2H3,(H2,13,14,20). The molecule has 1 aromatic heterocycles. The molecular formula is C12H13N5O2S. The summed E-state index contributed by atoms with van der Waals surface area (Å²) in [5.41, 5.74) is 2.17. The van der Waals surface area contributed by atoms with Crippen LogP contribution in [0.25, 0.3) is 0 Å². The number of nitro groups is 1. The van der Waals surface area contributed by atoms with Crippen molar-refractivity contribution in [3.05, 3.63) is 46.3 Å². The number of nitrogens with one attached hydrogen (secondary N) is 2. The first kappa shape index (κ1) is 13.9. The summed E-state index contributed by atoms with van der Waals surface area (Å²) >= 11 is 5.17. The van der Waals surface area contributed by atoms with Gasteiger partial charge in [0.1, 0.15) is 0 Å². The van der Waals surface area contributed by atoms with Crippen molar-refractivity contribution >= 4 is 34.4 Å². The minimum absolute atomic E-state index is 0.00959. The normalized spacial score (nSPS) is 10.1. The van der Waals surface area contributed by atoms with E-state index >= 15 is 0 Å². The predicted octanol–water partition coefficient (Wildman–Crippen LogP) is 2.45. The fourth-order valence-electron chi connectivity index (χ4n) is 1.70. The number of hydrogen-bond acceptors (Lipinski definition) is 4. The highest BCUT2D eigenvalue weighted by atomic mass is 32.1.